The Morgan fingerprint density at radius 1 is 1.15 bits per heavy atom. The fourth-order valence-electron chi connectivity index (χ4n) is 2.92. The predicted octanol–water partition coefficient (Wildman–Crippen LogP) is 4.13. The first-order valence-corrected chi connectivity index (χ1v) is 9.22. The summed E-state index contributed by atoms with van der Waals surface area (Å²) >= 11 is 1.50. The average Bonchev–Trinajstić information content (AvgIpc) is 2.81. The van der Waals surface area contributed by atoms with Gasteiger partial charge < -0.3 is 9.80 Å². The van der Waals surface area contributed by atoms with Crippen LogP contribution in [0.4, 0.5) is 19.0 Å². The molecule has 0 aliphatic carbocycles. The molecule has 0 N–H and O–H groups in total. The Labute approximate surface area is 154 Å². The number of carbonyl (C=O) groups is 1. The lowest BCUT2D eigenvalue weighted by Gasteiger charge is -2.23. The van der Waals surface area contributed by atoms with E-state index in [0.717, 1.165) is 34.0 Å². The van der Waals surface area contributed by atoms with E-state index in [1.54, 1.807) is 0 Å². The van der Waals surface area contributed by atoms with Crippen LogP contribution in [0, 0.1) is 13.8 Å². The molecule has 1 aliphatic heterocycles. The van der Waals surface area contributed by atoms with E-state index in [4.69, 9.17) is 0 Å². The first-order chi connectivity index (χ1) is 12.3. The number of alkyl halides is 3. The monoisotopic (exact) mass is 383 g/mol. The summed E-state index contributed by atoms with van der Waals surface area (Å²) in [5.74, 6) is 0.531. The number of anilines is 1. The lowest BCUT2D eigenvalue weighted by Crippen LogP contribution is -2.35. The summed E-state index contributed by atoms with van der Waals surface area (Å²) in [4.78, 5) is 22.3. The van der Waals surface area contributed by atoms with Crippen LogP contribution in [0.1, 0.15) is 32.1 Å². The lowest BCUT2D eigenvalue weighted by atomic mass is 10.2. The third-order valence-corrected chi connectivity index (χ3v) is 5.70. The minimum Gasteiger partial charge on any atom is -0.355 e. The largest absolute Gasteiger partial charge is 0.417 e. The van der Waals surface area contributed by atoms with E-state index >= 15 is 0 Å². The molecular formula is C18H20F3N3OS. The van der Waals surface area contributed by atoms with Crippen LogP contribution in [0.25, 0.3) is 0 Å². The zero-order valence-electron chi connectivity index (χ0n) is 14.6. The van der Waals surface area contributed by atoms with Crippen molar-refractivity contribution in [2.45, 2.75) is 26.4 Å². The molecule has 0 unspecified atom stereocenters. The third-order valence-electron chi connectivity index (χ3n) is 4.56. The fourth-order valence-corrected chi connectivity index (χ4v) is 3.93. The van der Waals surface area contributed by atoms with Gasteiger partial charge in [-0.05, 0) is 44.0 Å². The standard InChI is InChI=1S/C18H20F3N3OS/c1-12-10-15(26-13(12)2)17(25)24-7-3-6-23(8-9-24)16-5-4-14(11-22-16)18(19,20)21/h4-5,10-11H,3,6-9H2,1-2H3. The second-order valence-corrected chi connectivity index (χ2v) is 7.64. The van der Waals surface area contributed by atoms with E-state index in [9.17, 15) is 18.0 Å². The highest BCUT2D eigenvalue weighted by Gasteiger charge is 2.31. The smallest absolute Gasteiger partial charge is 0.355 e. The summed E-state index contributed by atoms with van der Waals surface area (Å²) in [5, 5.41) is 0. The Kier molecular flexibility index (Phi) is 5.22. The summed E-state index contributed by atoms with van der Waals surface area (Å²) in [7, 11) is 0. The van der Waals surface area contributed by atoms with Crippen molar-refractivity contribution >= 4 is 23.1 Å². The number of thiophene rings is 1. The van der Waals surface area contributed by atoms with Crippen molar-refractivity contribution < 1.29 is 18.0 Å². The van der Waals surface area contributed by atoms with Crippen molar-refractivity contribution in [3.63, 3.8) is 0 Å². The molecule has 3 heterocycles. The van der Waals surface area contributed by atoms with Gasteiger partial charge in [0.1, 0.15) is 5.82 Å². The van der Waals surface area contributed by atoms with Crippen LogP contribution < -0.4 is 4.90 Å². The Balaban J connectivity index is 1.67. The summed E-state index contributed by atoms with van der Waals surface area (Å²) in [5.41, 5.74) is 0.361. The molecule has 3 rings (SSSR count). The van der Waals surface area contributed by atoms with Crippen molar-refractivity contribution in [2.24, 2.45) is 0 Å². The van der Waals surface area contributed by atoms with Crippen molar-refractivity contribution in [1.82, 2.24) is 9.88 Å². The second kappa shape index (κ2) is 7.26. The number of amides is 1. The molecule has 1 saturated heterocycles. The number of nitrogens with zero attached hydrogens (tertiary/aromatic N) is 3. The van der Waals surface area contributed by atoms with Crippen LogP contribution >= 0.6 is 11.3 Å². The van der Waals surface area contributed by atoms with Crippen LogP contribution in [0.15, 0.2) is 24.4 Å². The number of halogens is 3. The minimum atomic E-state index is -4.38. The highest BCUT2D eigenvalue weighted by molar-refractivity contribution is 7.14. The summed E-state index contributed by atoms with van der Waals surface area (Å²) in [6, 6.07) is 4.36. The van der Waals surface area contributed by atoms with Crippen molar-refractivity contribution in [2.75, 3.05) is 31.1 Å². The summed E-state index contributed by atoms with van der Waals surface area (Å²) in [6.07, 6.45) is -2.78. The van der Waals surface area contributed by atoms with Gasteiger partial charge in [-0.2, -0.15) is 13.2 Å². The van der Waals surface area contributed by atoms with E-state index in [2.05, 4.69) is 4.98 Å². The van der Waals surface area contributed by atoms with Crippen LogP contribution in [-0.4, -0.2) is 42.0 Å². The molecule has 0 aromatic carbocycles. The van der Waals surface area contributed by atoms with Gasteiger partial charge in [0.2, 0.25) is 0 Å². The zero-order valence-corrected chi connectivity index (χ0v) is 15.5. The van der Waals surface area contributed by atoms with Gasteiger partial charge in [-0.1, -0.05) is 0 Å². The molecule has 8 heteroatoms. The maximum absolute atomic E-state index is 12.7. The van der Waals surface area contributed by atoms with Crippen LogP contribution in [-0.2, 0) is 6.18 Å². The molecule has 1 aliphatic rings. The molecule has 0 spiro atoms. The Morgan fingerprint density at radius 2 is 1.92 bits per heavy atom. The van der Waals surface area contributed by atoms with Crippen LogP contribution in [0.5, 0.6) is 0 Å². The quantitative estimate of drug-likeness (QED) is 0.782. The molecule has 0 radical (unpaired) electrons. The van der Waals surface area contributed by atoms with Gasteiger partial charge in [0, 0.05) is 37.3 Å². The molecule has 1 amide bonds. The van der Waals surface area contributed by atoms with Gasteiger partial charge in [0.25, 0.3) is 5.91 Å². The number of hydrogen-bond donors (Lipinski definition) is 0. The normalized spacial score (nSPS) is 15.9. The van der Waals surface area contributed by atoms with Gasteiger partial charge >= 0.3 is 6.18 Å². The topological polar surface area (TPSA) is 36.4 Å². The molecule has 0 saturated carbocycles. The SMILES string of the molecule is Cc1cc(C(=O)N2CCCN(c3ccc(C(F)(F)F)cn3)CC2)sc1C. The Morgan fingerprint density at radius 3 is 2.50 bits per heavy atom. The number of carbonyl (C=O) groups excluding carboxylic acids is 1. The Hall–Kier alpha value is -2.09. The molecule has 26 heavy (non-hydrogen) atoms. The molecular weight excluding hydrogens is 363 g/mol. The molecule has 2 aromatic heterocycles. The maximum Gasteiger partial charge on any atom is 0.417 e. The second-order valence-electron chi connectivity index (χ2n) is 6.39. The minimum absolute atomic E-state index is 0.0217. The van der Waals surface area contributed by atoms with Gasteiger partial charge in [-0.15, -0.1) is 11.3 Å². The third kappa shape index (κ3) is 4.00. The molecule has 0 atom stereocenters. The van der Waals surface area contributed by atoms with Crippen molar-refractivity contribution in [3.8, 4) is 0 Å². The summed E-state index contributed by atoms with van der Waals surface area (Å²) < 4.78 is 38.0. The number of rotatable bonds is 2. The average molecular weight is 383 g/mol. The van der Waals surface area contributed by atoms with E-state index in [1.165, 1.54) is 17.4 Å². The predicted molar refractivity (Wildman–Crippen MR) is 95.8 cm³/mol. The van der Waals surface area contributed by atoms with E-state index in [1.807, 2.05) is 29.7 Å². The number of pyridine rings is 1. The van der Waals surface area contributed by atoms with Gasteiger partial charge in [0.05, 0.1) is 10.4 Å². The van der Waals surface area contributed by atoms with Gasteiger partial charge in [0.15, 0.2) is 0 Å². The first kappa shape index (κ1) is 18.7. The van der Waals surface area contributed by atoms with Crippen LogP contribution in [0.2, 0.25) is 0 Å². The van der Waals surface area contributed by atoms with E-state index in [-0.39, 0.29) is 5.91 Å². The van der Waals surface area contributed by atoms with Crippen LogP contribution in [0.3, 0.4) is 0 Å². The maximum atomic E-state index is 12.7. The van der Waals surface area contributed by atoms with Crippen molar-refractivity contribution in [3.05, 3.63) is 45.3 Å². The fraction of sp³-hybridized carbons (Fsp3) is 0.444. The molecule has 4 nitrogen and oxygen atoms in total. The highest BCUT2D eigenvalue weighted by Crippen LogP contribution is 2.29. The summed E-state index contributed by atoms with van der Waals surface area (Å²) in [6.45, 7) is 6.35. The molecule has 0 bridgehead atoms. The number of aromatic nitrogens is 1. The number of hydrogen-bond acceptors (Lipinski definition) is 4. The van der Waals surface area contributed by atoms with Gasteiger partial charge in [-0.25, -0.2) is 4.98 Å². The molecule has 2 aromatic rings. The highest BCUT2D eigenvalue weighted by atomic mass is 32.1. The Bertz CT molecular complexity index is 766. The van der Waals surface area contributed by atoms with Crippen molar-refractivity contribution in [1.29, 1.82) is 0 Å². The van der Waals surface area contributed by atoms with Gasteiger partial charge in [-0.3, -0.25) is 4.79 Å². The number of aryl methyl sites for hydroxylation is 2. The molecule has 1 fully saturated rings. The zero-order chi connectivity index (χ0) is 18.9. The lowest BCUT2D eigenvalue weighted by molar-refractivity contribution is -0.137. The van der Waals surface area contributed by atoms with E-state index < -0.39 is 11.7 Å². The first-order valence-electron chi connectivity index (χ1n) is 8.40. The van der Waals surface area contributed by atoms with E-state index in [0.29, 0.717) is 32.0 Å². The molecule has 140 valence electrons.